The van der Waals surface area contributed by atoms with Crippen LogP contribution in [-0.2, 0) is 9.59 Å². The van der Waals surface area contributed by atoms with Gasteiger partial charge in [-0.05, 0) is 25.0 Å². The zero-order valence-corrected chi connectivity index (χ0v) is 10.6. The van der Waals surface area contributed by atoms with E-state index < -0.39 is 17.8 Å². The number of nitrogens with one attached hydrogen (secondary N) is 1. The summed E-state index contributed by atoms with van der Waals surface area (Å²) in [6.45, 7) is 0. The molecule has 1 amide bonds. The second-order valence-electron chi connectivity index (χ2n) is 4.91. The second-order valence-corrected chi connectivity index (χ2v) is 4.91. The van der Waals surface area contributed by atoms with Crippen LogP contribution in [0.4, 0.5) is 11.4 Å². The highest BCUT2D eigenvalue weighted by atomic mass is 16.4. The Morgan fingerprint density at radius 3 is 2.42 bits per heavy atom. The molecule has 5 nitrogen and oxygen atoms in total. The molecule has 0 spiro atoms. The molecule has 2 atom stereocenters. The highest BCUT2D eigenvalue weighted by Gasteiger charge is 2.35. The van der Waals surface area contributed by atoms with Gasteiger partial charge in [0.1, 0.15) is 0 Å². The molecule has 0 bridgehead atoms. The number of nitrogen functional groups attached to an aromatic ring is 1. The normalized spacial score (nSPS) is 22.7. The fourth-order valence-corrected chi connectivity index (χ4v) is 2.58. The number of nitrogens with two attached hydrogens (primary N) is 1. The Morgan fingerprint density at radius 2 is 1.79 bits per heavy atom. The summed E-state index contributed by atoms with van der Waals surface area (Å²) in [4.78, 5) is 23.4. The molecule has 19 heavy (non-hydrogen) atoms. The highest BCUT2D eigenvalue weighted by molar-refractivity contribution is 5.97. The van der Waals surface area contributed by atoms with E-state index in [4.69, 9.17) is 5.73 Å². The third kappa shape index (κ3) is 3.05. The summed E-state index contributed by atoms with van der Waals surface area (Å²) in [5, 5.41) is 11.9. The first kappa shape index (κ1) is 13.4. The van der Waals surface area contributed by atoms with Crippen molar-refractivity contribution in [2.45, 2.75) is 25.7 Å². The summed E-state index contributed by atoms with van der Waals surface area (Å²) in [6, 6.07) is 6.98. The van der Waals surface area contributed by atoms with Gasteiger partial charge in [0.05, 0.1) is 23.2 Å². The van der Waals surface area contributed by atoms with Gasteiger partial charge in [-0.1, -0.05) is 25.0 Å². The molecule has 0 aliphatic heterocycles. The maximum Gasteiger partial charge on any atom is 0.307 e. The van der Waals surface area contributed by atoms with Gasteiger partial charge in [0, 0.05) is 0 Å². The van der Waals surface area contributed by atoms with E-state index in [-0.39, 0.29) is 5.91 Å². The Kier molecular flexibility index (Phi) is 4.04. The van der Waals surface area contributed by atoms with E-state index in [1.165, 1.54) is 0 Å². The molecule has 1 saturated carbocycles. The molecule has 1 fully saturated rings. The Hall–Kier alpha value is -2.04. The molecular weight excluding hydrogens is 244 g/mol. The van der Waals surface area contributed by atoms with Crippen molar-refractivity contribution in [2.24, 2.45) is 11.8 Å². The van der Waals surface area contributed by atoms with Crippen molar-refractivity contribution >= 4 is 23.3 Å². The maximum atomic E-state index is 12.2. The molecule has 4 N–H and O–H groups in total. The first-order valence-electron chi connectivity index (χ1n) is 6.48. The van der Waals surface area contributed by atoms with Crippen LogP contribution in [0.25, 0.3) is 0 Å². The zero-order chi connectivity index (χ0) is 13.8. The summed E-state index contributed by atoms with van der Waals surface area (Å²) >= 11 is 0. The monoisotopic (exact) mass is 262 g/mol. The van der Waals surface area contributed by atoms with Crippen LogP contribution in [0.15, 0.2) is 24.3 Å². The fourth-order valence-electron chi connectivity index (χ4n) is 2.58. The lowest BCUT2D eigenvalue weighted by atomic mass is 9.78. The molecule has 5 heteroatoms. The lowest BCUT2D eigenvalue weighted by Gasteiger charge is -2.27. The first-order valence-corrected chi connectivity index (χ1v) is 6.48. The molecule has 102 valence electrons. The Labute approximate surface area is 111 Å². The molecule has 0 aromatic heterocycles. The predicted molar refractivity (Wildman–Crippen MR) is 72.6 cm³/mol. The quantitative estimate of drug-likeness (QED) is 0.727. The fraction of sp³-hybridized carbons (Fsp3) is 0.429. The molecule has 0 radical (unpaired) electrons. The number of hydrogen-bond acceptors (Lipinski definition) is 3. The second kappa shape index (κ2) is 5.73. The minimum atomic E-state index is -0.888. The number of carboxylic acid groups (broad SMARTS) is 1. The number of carbonyl (C=O) groups is 2. The predicted octanol–water partition coefficient (Wildman–Crippen LogP) is 2.10. The number of anilines is 2. The maximum absolute atomic E-state index is 12.2. The number of rotatable bonds is 3. The van der Waals surface area contributed by atoms with E-state index in [2.05, 4.69) is 5.32 Å². The van der Waals surface area contributed by atoms with Crippen LogP contribution < -0.4 is 11.1 Å². The van der Waals surface area contributed by atoms with Crippen LogP contribution in [0, 0.1) is 11.8 Å². The molecular formula is C14H18N2O3. The summed E-state index contributed by atoms with van der Waals surface area (Å²) in [5.74, 6) is -2.18. The van der Waals surface area contributed by atoms with Crippen molar-refractivity contribution in [2.75, 3.05) is 11.1 Å². The minimum absolute atomic E-state index is 0.245. The molecule has 1 aliphatic rings. The van der Waals surface area contributed by atoms with E-state index in [1.807, 2.05) is 0 Å². The van der Waals surface area contributed by atoms with Crippen molar-refractivity contribution in [3.63, 3.8) is 0 Å². The summed E-state index contributed by atoms with van der Waals surface area (Å²) in [7, 11) is 0. The van der Waals surface area contributed by atoms with Gasteiger partial charge in [-0.2, -0.15) is 0 Å². The van der Waals surface area contributed by atoms with Gasteiger partial charge in [-0.3, -0.25) is 9.59 Å². The topological polar surface area (TPSA) is 92.4 Å². The van der Waals surface area contributed by atoms with Crippen LogP contribution in [-0.4, -0.2) is 17.0 Å². The summed E-state index contributed by atoms with van der Waals surface area (Å²) in [5.41, 5.74) is 6.79. The van der Waals surface area contributed by atoms with Gasteiger partial charge >= 0.3 is 5.97 Å². The molecule has 2 unspecified atom stereocenters. The highest BCUT2D eigenvalue weighted by Crippen LogP contribution is 2.31. The standard InChI is InChI=1S/C14H18N2O3/c15-11-7-3-4-8-12(11)16-13(17)9-5-1-2-6-10(9)14(18)19/h3-4,7-10H,1-2,5-6,15H2,(H,16,17)(H,18,19). The first-order chi connectivity index (χ1) is 9.09. The van der Waals surface area contributed by atoms with Gasteiger partial charge in [0.25, 0.3) is 0 Å². The van der Waals surface area contributed by atoms with Gasteiger partial charge < -0.3 is 16.2 Å². The number of carboxylic acids is 1. The zero-order valence-electron chi connectivity index (χ0n) is 10.6. The van der Waals surface area contributed by atoms with E-state index in [0.29, 0.717) is 24.2 Å². The van der Waals surface area contributed by atoms with Crippen LogP contribution in [0.1, 0.15) is 25.7 Å². The van der Waals surface area contributed by atoms with E-state index in [0.717, 1.165) is 12.8 Å². The largest absolute Gasteiger partial charge is 0.481 e. The Balaban J connectivity index is 2.10. The molecule has 2 rings (SSSR count). The molecule has 1 aromatic rings. The number of para-hydroxylation sites is 2. The minimum Gasteiger partial charge on any atom is -0.481 e. The van der Waals surface area contributed by atoms with E-state index >= 15 is 0 Å². The number of hydrogen-bond donors (Lipinski definition) is 3. The molecule has 1 aromatic carbocycles. The molecule has 0 heterocycles. The van der Waals surface area contributed by atoms with Crippen molar-refractivity contribution in [3.8, 4) is 0 Å². The number of aliphatic carboxylic acids is 1. The lowest BCUT2D eigenvalue weighted by molar-refractivity contribution is -0.147. The van der Waals surface area contributed by atoms with E-state index in [9.17, 15) is 14.7 Å². The average Bonchev–Trinajstić information content (AvgIpc) is 2.41. The van der Waals surface area contributed by atoms with Crippen molar-refractivity contribution in [1.82, 2.24) is 0 Å². The summed E-state index contributed by atoms with van der Waals surface area (Å²) in [6.07, 6.45) is 2.95. The van der Waals surface area contributed by atoms with Crippen molar-refractivity contribution < 1.29 is 14.7 Å². The molecule has 0 saturated heterocycles. The third-order valence-electron chi connectivity index (χ3n) is 3.64. The number of carbonyl (C=O) groups excluding carboxylic acids is 1. The Bertz CT molecular complexity index is 487. The SMILES string of the molecule is Nc1ccccc1NC(=O)C1CCCCC1C(=O)O. The van der Waals surface area contributed by atoms with Gasteiger partial charge in [-0.15, -0.1) is 0 Å². The number of amides is 1. The van der Waals surface area contributed by atoms with Gasteiger partial charge in [0.2, 0.25) is 5.91 Å². The average molecular weight is 262 g/mol. The Morgan fingerprint density at radius 1 is 1.16 bits per heavy atom. The smallest absolute Gasteiger partial charge is 0.307 e. The van der Waals surface area contributed by atoms with Crippen molar-refractivity contribution in [3.05, 3.63) is 24.3 Å². The summed E-state index contributed by atoms with van der Waals surface area (Å²) < 4.78 is 0. The van der Waals surface area contributed by atoms with Crippen LogP contribution in [0.2, 0.25) is 0 Å². The van der Waals surface area contributed by atoms with Crippen LogP contribution in [0.3, 0.4) is 0 Å². The van der Waals surface area contributed by atoms with E-state index in [1.54, 1.807) is 24.3 Å². The lowest BCUT2D eigenvalue weighted by Crippen LogP contribution is -2.36. The van der Waals surface area contributed by atoms with Crippen molar-refractivity contribution in [1.29, 1.82) is 0 Å². The number of benzene rings is 1. The van der Waals surface area contributed by atoms with Crippen LogP contribution >= 0.6 is 0 Å². The third-order valence-corrected chi connectivity index (χ3v) is 3.64. The van der Waals surface area contributed by atoms with Gasteiger partial charge in [-0.25, -0.2) is 0 Å². The van der Waals surface area contributed by atoms with Crippen LogP contribution in [0.5, 0.6) is 0 Å². The molecule has 1 aliphatic carbocycles. The van der Waals surface area contributed by atoms with Gasteiger partial charge in [0.15, 0.2) is 0 Å².